The molecule has 1 aliphatic heterocycles. The molecule has 0 spiro atoms. The van der Waals surface area contributed by atoms with Crippen LogP contribution in [0.4, 0.5) is 0 Å². The average Bonchev–Trinajstić information content (AvgIpc) is 2.20. The fourth-order valence-electron chi connectivity index (χ4n) is 1.03. The lowest BCUT2D eigenvalue weighted by molar-refractivity contribution is -0.138. The topological polar surface area (TPSA) is 37.4 Å². The molecule has 0 bridgehead atoms. The standard InChI is InChI=1S/C7H10NO2/c1-2-5-8-6(9)3-4-7(8)10/h1-5H2. The summed E-state index contributed by atoms with van der Waals surface area (Å²) in [5.41, 5.74) is 0. The number of nitrogens with zero attached hydrogens (tertiary/aromatic N) is 1. The minimum atomic E-state index is -0.0475. The fourth-order valence-corrected chi connectivity index (χ4v) is 1.03. The third-order valence-electron chi connectivity index (χ3n) is 1.54. The van der Waals surface area contributed by atoms with E-state index >= 15 is 0 Å². The molecule has 1 radical (unpaired) electrons. The Bertz CT molecular complexity index is 149. The van der Waals surface area contributed by atoms with Crippen molar-refractivity contribution in [3.05, 3.63) is 6.92 Å². The summed E-state index contributed by atoms with van der Waals surface area (Å²) in [7, 11) is 0. The number of likely N-dealkylation sites (tertiary alicyclic amines) is 1. The van der Waals surface area contributed by atoms with Crippen LogP contribution in [0.5, 0.6) is 0 Å². The summed E-state index contributed by atoms with van der Waals surface area (Å²) < 4.78 is 0. The molecule has 0 aromatic heterocycles. The van der Waals surface area contributed by atoms with E-state index < -0.39 is 0 Å². The van der Waals surface area contributed by atoms with Crippen LogP contribution in [0.1, 0.15) is 19.3 Å². The summed E-state index contributed by atoms with van der Waals surface area (Å²) in [5.74, 6) is -0.0951. The van der Waals surface area contributed by atoms with Crippen LogP contribution in [-0.4, -0.2) is 23.3 Å². The van der Waals surface area contributed by atoms with Gasteiger partial charge in [0.2, 0.25) is 11.8 Å². The molecule has 10 heavy (non-hydrogen) atoms. The van der Waals surface area contributed by atoms with Gasteiger partial charge >= 0.3 is 0 Å². The van der Waals surface area contributed by atoms with E-state index in [9.17, 15) is 9.59 Å². The van der Waals surface area contributed by atoms with E-state index in [1.165, 1.54) is 4.90 Å². The van der Waals surface area contributed by atoms with Crippen molar-refractivity contribution in [1.82, 2.24) is 4.90 Å². The lowest BCUT2D eigenvalue weighted by atomic mass is 10.4. The Labute approximate surface area is 60.0 Å². The first-order valence-electron chi connectivity index (χ1n) is 3.38. The zero-order chi connectivity index (χ0) is 7.56. The number of imide groups is 1. The van der Waals surface area contributed by atoms with Crippen molar-refractivity contribution in [3.8, 4) is 0 Å². The van der Waals surface area contributed by atoms with Gasteiger partial charge in [-0.2, -0.15) is 0 Å². The van der Waals surface area contributed by atoms with Crippen LogP contribution >= 0.6 is 0 Å². The molecule has 0 atom stereocenters. The maximum Gasteiger partial charge on any atom is 0.229 e. The zero-order valence-electron chi connectivity index (χ0n) is 5.80. The Hall–Kier alpha value is -0.860. The van der Waals surface area contributed by atoms with Gasteiger partial charge in [-0.15, -0.1) is 0 Å². The number of hydrogen-bond acceptors (Lipinski definition) is 2. The molecule has 0 aromatic carbocycles. The summed E-state index contributed by atoms with van der Waals surface area (Å²) in [6.45, 7) is 4.06. The number of amides is 2. The van der Waals surface area contributed by atoms with E-state index in [0.717, 1.165) is 0 Å². The largest absolute Gasteiger partial charge is 0.283 e. The molecule has 1 aliphatic rings. The minimum Gasteiger partial charge on any atom is -0.283 e. The molecule has 55 valence electrons. The van der Waals surface area contributed by atoms with E-state index in [1.54, 1.807) is 0 Å². The first kappa shape index (κ1) is 7.25. The summed E-state index contributed by atoms with van der Waals surface area (Å²) >= 11 is 0. The number of hydrogen-bond donors (Lipinski definition) is 0. The molecule has 0 unspecified atom stereocenters. The summed E-state index contributed by atoms with van der Waals surface area (Å²) in [6, 6.07) is 0. The van der Waals surface area contributed by atoms with E-state index in [2.05, 4.69) is 6.92 Å². The van der Waals surface area contributed by atoms with E-state index in [1.807, 2.05) is 0 Å². The molecule has 1 fully saturated rings. The Morgan fingerprint density at radius 2 is 1.80 bits per heavy atom. The highest BCUT2D eigenvalue weighted by molar-refractivity contribution is 6.01. The zero-order valence-corrected chi connectivity index (χ0v) is 5.80. The van der Waals surface area contributed by atoms with Gasteiger partial charge in [0, 0.05) is 19.4 Å². The van der Waals surface area contributed by atoms with Gasteiger partial charge in [0.15, 0.2) is 0 Å². The predicted octanol–water partition coefficient (Wildman–Crippen LogP) is 0.360. The molecule has 1 heterocycles. The first-order chi connectivity index (χ1) is 4.75. The minimum absolute atomic E-state index is 0.0475. The van der Waals surface area contributed by atoms with Gasteiger partial charge in [0.25, 0.3) is 0 Å². The SMILES string of the molecule is [CH2]CCN1C(=O)CCC1=O. The number of carbonyl (C=O) groups excluding carboxylic acids is 2. The molecule has 1 saturated heterocycles. The van der Waals surface area contributed by atoms with Crippen molar-refractivity contribution < 1.29 is 9.59 Å². The van der Waals surface area contributed by atoms with Gasteiger partial charge in [-0.25, -0.2) is 0 Å². The maximum absolute atomic E-state index is 10.9. The van der Waals surface area contributed by atoms with Crippen LogP contribution in [0.25, 0.3) is 0 Å². The number of rotatable bonds is 2. The van der Waals surface area contributed by atoms with Gasteiger partial charge in [0.1, 0.15) is 0 Å². The summed E-state index contributed by atoms with van der Waals surface area (Å²) in [5, 5.41) is 0. The van der Waals surface area contributed by atoms with E-state index in [4.69, 9.17) is 0 Å². The predicted molar refractivity (Wildman–Crippen MR) is 35.9 cm³/mol. The molecule has 0 aliphatic carbocycles. The highest BCUT2D eigenvalue weighted by atomic mass is 16.2. The van der Waals surface area contributed by atoms with Gasteiger partial charge in [-0.3, -0.25) is 14.5 Å². The highest BCUT2D eigenvalue weighted by Crippen LogP contribution is 2.11. The Balaban J connectivity index is 2.54. The lowest BCUT2D eigenvalue weighted by Crippen LogP contribution is -2.29. The van der Waals surface area contributed by atoms with Crippen molar-refractivity contribution in [2.24, 2.45) is 0 Å². The van der Waals surface area contributed by atoms with Crippen LogP contribution in [0.3, 0.4) is 0 Å². The normalized spacial score (nSPS) is 18.7. The molecule has 3 nitrogen and oxygen atoms in total. The van der Waals surface area contributed by atoms with Gasteiger partial charge < -0.3 is 0 Å². The Kier molecular flexibility index (Phi) is 2.04. The molecular weight excluding hydrogens is 130 g/mol. The van der Waals surface area contributed by atoms with Crippen molar-refractivity contribution >= 4 is 11.8 Å². The monoisotopic (exact) mass is 140 g/mol. The van der Waals surface area contributed by atoms with Gasteiger partial charge in [-0.05, 0) is 6.42 Å². The maximum atomic E-state index is 10.9. The lowest BCUT2D eigenvalue weighted by Gasteiger charge is -2.10. The second-order valence-corrected chi connectivity index (χ2v) is 2.29. The van der Waals surface area contributed by atoms with E-state index in [-0.39, 0.29) is 11.8 Å². The summed E-state index contributed by atoms with van der Waals surface area (Å²) in [6.07, 6.45) is 1.38. The van der Waals surface area contributed by atoms with Crippen LogP contribution < -0.4 is 0 Å². The molecular formula is C7H10NO2. The van der Waals surface area contributed by atoms with Crippen LogP contribution in [-0.2, 0) is 9.59 Å². The van der Waals surface area contributed by atoms with Crippen molar-refractivity contribution in [3.63, 3.8) is 0 Å². The molecule has 3 heteroatoms. The van der Waals surface area contributed by atoms with Crippen molar-refractivity contribution in [1.29, 1.82) is 0 Å². The highest BCUT2D eigenvalue weighted by Gasteiger charge is 2.27. The third kappa shape index (κ3) is 1.17. The smallest absolute Gasteiger partial charge is 0.229 e. The van der Waals surface area contributed by atoms with Gasteiger partial charge in [0.05, 0.1) is 0 Å². The Morgan fingerprint density at radius 1 is 1.30 bits per heavy atom. The number of carbonyl (C=O) groups is 2. The first-order valence-corrected chi connectivity index (χ1v) is 3.38. The second-order valence-electron chi connectivity index (χ2n) is 2.29. The quantitative estimate of drug-likeness (QED) is 0.519. The van der Waals surface area contributed by atoms with Crippen molar-refractivity contribution in [2.45, 2.75) is 19.3 Å². The van der Waals surface area contributed by atoms with Crippen molar-refractivity contribution in [2.75, 3.05) is 6.54 Å². The van der Waals surface area contributed by atoms with Crippen LogP contribution in [0, 0.1) is 6.92 Å². The van der Waals surface area contributed by atoms with Crippen LogP contribution in [0.15, 0.2) is 0 Å². The van der Waals surface area contributed by atoms with Crippen LogP contribution in [0.2, 0.25) is 0 Å². The van der Waals surface area contributed by atoms with Gasteiger partial charge in [-0.1, -0.05) is 6.92 Å². The average molecular weight is 140 g/mol. The third-order valence-corrected chi connectivity index (χ3v) is 1.54. The second kappa shape index (κ2) is 2.82. The molecule has 0 aromatic rings. The molecule has 0 N–H and O–H groups in total. The molecule has 2 amide bonds. The summed E-state index contributed by atoms with van der Waals surface area (Å²) in [4.78, 5) is 23.0. The molecule has 0 saturated carbocycles. The van der Waals surface area contributed by atoms with E-state index in [0.29, 0.717) is 25.8 Å². The fraction of sp³-hybridized carbons (Fsp3) is 0.571. The Morgan fingerprint density at radius 3 is 2.20 bits per heavy atom. The molecule has 1 rings (SSSR count).